The lowest BCUT2D eigenvalue weighted by molar-refractivity contribution is 0.797. The molecular formula is C9H16N2S. The Morgan fingerprint density at radius 1 is 1.50 bits per heavy atom. The second-order valence-electron chi connectivity index (χ2n) is 2.88. The fourth-order valence-electron chi connectivity index (χ4n) is 1.24. The highest BCUT2D eigenvalue weighted by atomic mass is 32.1. The largest absolute Gasteiger partial charge is 0.315 e. The maximum Gasteiger partial charge on any atom is 0.0900 e. The molecule has 0 fully saturated rings. The summed E-state index contributed by atoms with van der Waals surface area (Å²) in [4.78, 5) is 5.90. The summed E-state index contributed by atoms with van der Waals surface area (Å²) >= 11 is 1.81. The molecule has 1 rings (SSSR count). The van der Waals surface area contributed by atoms with Crippen LogP contribution < -0.4 is 5.32 Å². The molecule has 0 aliphatic carbocycles. The SMILES string of the molecule is CCCc1nc(C)sc1CNC. The van der Waals surface area contributed by atoms with Gasteiger partial charge in [0.05, 0.1) is 10.7 Å². The van der Waals surface area contributed by atoms with E-state index in [0.29, 0.717) is 0 Å². The molecule has 12 heavy (non-hydrogen) atoms. The van der Waals surface area contributed by atoms with Gasteiger partial charge in [0.2, 0.25) is 0 Å². The zero-order chi connectivity index (χ0) is 8.97. The summed E-state index contributed by atoms with van der Waals surface area (Å²) in [7, 11) is 1.98. The van der Waals surface area contributed by atoms with Crippen LogP contribution in [0.1, 0.15) is 28.9 Å². The fourth-order valence-corrected chi connectivity index (χ4v) is 2.24. The molecule has 68 valence electrons. The van der Waals surface area contributed by atoms with Crippen LogP contribution in [0.5, 0.6) is 0 Å². The molecule has 0 aliphatic heterocycles. The Morgan fingerprint density at radius 2 is 2.25 bits per heavy atom. The maximum atomic E-state index is 4.50. The fraction of sp³-hybridized carbons (Fsp3) is 0.667. The van der Waals surface area contributed by atoms with Gasteiger partial charge in [-0.1, -0.05) is 13.3 Å². The first-order valence-electron chi connectivity index (χ1n) is 4.37. The van der Waals surface area contributed by atoms with E-state index in [4.69, 9.17) is 0 Å². The molecule has 0 saturated heterocycles. The first-order chi connectivity index (χ1) is 5.77. The van der Waals surface area contributed by atoms with Gasteiger partial charge in [0.1, 0.15) is 0 Å². The van der Waals surface area contributed by atoms with E-state index in [2.05, 4.69) is 24.1 Å². The number of nitrogens with zero attached hydrogens (tertiary/aromatic N) is 1. The zero-order valence-electron chi connectivity index (χ0n) is 7.98. The number of nitrogens with one attached hydrogen (secondary N) is 1. The van der Waals surface area contributed by atoms with Crippen molar-refractivity contribution in [1.82, 2.24) is 10.3 Å². The molecule has 2 nitrogen and oxygen atoms in total. The average Bonchev–Trinajstić information content (AvgIpc) is 2.33. The van der Waals surface area contributed by atoms with E-state index in [1.165, 1.54) is 22.0 Å². The van der Waals surface area contributed by atoms with Gasteiger partial charge >= 0.3 is 0 Å². The summed E-state index contributed by atoms with van der Waals surface area (Å²) in [6.07, 6.45) is 2.29. The van der Waals surface area contributed by atoms with Crippen molar-refractivity contribution in [2.24, 2.45) is 0 Å². The van der Waals surface area contributed by atoms with Crippen molar-refractivity contribution < 1.29 is 0 Å². The molecule has 1 aromatic rings. The van der Waals surface area contributed by atoms with Gasteiger partial charge in [0.25, 0.3) is 0 Å². The van der Waals surface area contributed by atoms with Gasteiger partial charge in [-0.15, -0.1) is 11.3 Å². The minimum absolute atomic E-state index is 0.959. The molecule has 0 atom stereocenters. The summed E-state index contributed by atoms with van der Waals surface area (Å²) in [5.74, 6) is 0. The molecule has 0 saturated carbocycles. The summed E-state index contributed by atoms with van der Waals surface area (Å²) in [5.41, 5.74) is 1.29. The Bertz CT molecular complexity index is 219. The lowest BCUT2D eigenvalue weighted by Crippen LogP contribution is -2.05. The van der Waals surface area contributed by atoms with Crippen LogP contribution in [0.3, 0.4) is 0 Å². The van der Waals surface area contributed by atoms with Crippen molar-refractivity contribution in [1.29, 1.82) is 0 Å². The van der Waals surface area contributed by atoms with Gasteiger partial charge in [-0.25, -0.2) is 4.98 Å². The maximum absolute atomic E-state index is 4.50. The van der Waals surface area contributed by atoms with E-state index in [0.717, 1.165) is 13.0 Å². The first kappa shape index (κ1) is 9.68. The van der Waals surface area contributed by atoms with Crippen LogP contribution in [-0.4, -0.2) is 12.0 Å². The van der Waals surface area contributed by atoms with Crippen LogP contribution >= 0.6 is 11.3 Å². The lowest BCUT2D eigenvalue weighted by atomic mass is 10.2. The number of aryl methyl sites for hydroxylation is 2. The van der Waals surface area contributed by atoms with E-state index in [-0.39, 0.29) is 0 Å². The first-order valence-corrected chi connectivity index (χ1v) is 5.19. The van der Waals surface area contributed by atoms with Gasteiger partial charge in [-0.2, -0.15) is 0 Å². The van der Waals surface area contributed by atoms with Crippen molar-refractivity contribution >= 4 is 11.3 Å². The number of hydrogen-bond donors (Lipinski definition) is 1. The van der Waals surface area contributed by atoms with E-state index in [9.17, 15) is 0 Å². The van der Waals surface area contributed by atoms with Crippen LogP contribution in [0.4, 0.5) is 0 Å². The molecule has 0 aromatic carbocycles. The molecule has 1 heterocycles. The Balaban J connectivity index is 2.76. The minimum atomic E-state index is 0.959. The third kappa shape index (κ3) is 2.29. The second kappa shape index (κ2) is 4.58. The van der Waals surface area contributed by atoms with Crippen molar-refractivity contribution in [3.8, 4) is 0 Å². The van der Waals surface area contributed by atoms with Crippen molar-refractivity contribution in [3.05, 3.63) is 15.6 Å². The predicted molar refractivity (Wildman–Crippen MR) is 53.6 cm³/mol. The van der Waals surface area contributed by atoms with E-state index in [1.807, 2.05) is 7.05 Å². The standard InChI is InChI=1S/C9H16N2S/c1-4-5-8-9(6-10-3)12-7(2)11-8/h10H,4-6H2,1-3H3. The summed E-state index contributed by atoms with van der Waals surface area (Å²) < 4.78 is 0. The number of thiazole rings is 1. The van der Waals surface area contributed by atoms with Crippen LogP contribution in [0.2, 0.25) is 0 Å². The Labute approximate surface area is 78.0 Å². The van der Waals surface area contributed by atoms with E-state index >= 15 is 0 Å². The monoisotopic (exact) mass is 184 g/mol. The third-order valence-corrected chi connectivity index (χ3v) is 2.72. The predicted octanol–water partition coefficient (Wildman–Crippen LogP) is 2.12. The molecular weight excluding hydrogens is 168 g/mol. The molecule has 1 N–H and O–H groups in total. The highest BCUT2D eigenvalue weighted by Crippen LogP contribution is 2.18. The zero-order valence-corrected chi connectivity index (χ0v) is 8.79. The van der Waals surface area contributed by atoms with Crippen LogP contribution in [-0.2, 0) is 13.0 Å². The van der Waals surface area contributed by atoms with Crippen LogP contribution in [0, 0.1) is 6.92 Å². The lowest BCUT2D eigenvalue weighted by Gasteiger charge is -1.98. The van der Waals surface area contributed by atoms with E-state index < -0.39 is 0 Å². The Kier molecular flexibility index (Phi) is 3.69. The second-order valence-corrected chi connectivity index (χ2v) is 4.17. The smallest absolute Gasteiger partial charge is 0.0900 e. The number of aromatic nitrogens is 1. The summed E-state index contributed by atoms with van der Waals surface area (Å²) in [6, 6.07) is 0. The number of rotatable bonds is 4. The molecule has 1 aromatic heterocycles. The molecule has 3 heteroatoms. The van der Waals surface area contributed by atoms with Gasteiger partial charge < -0.3 is 5.32 Å². The van der Waals surface area contributed by atoms with Crippen LogP contribution in [0.15, 0.2) is 0 Å². The normalized spacial score (nSPS) is 10.6. The summed E-state index contributed by atoms with van der Waals surface area (Å²) in [5, 5.41) is 4.35. The average molecular weight is 184 g/mol. The summed E-state index contributed by atoms with van der Waals surface area (Å²) in [6.45, 7) is 5.22. The quantitative estimate of drug-likeness (QED) is 0.775. The highest BCUT2D eigenvalue weighted by Gasteiger charge is 2.06. The van der Waals surface area contributed by atoms with Gasteiger partial charge in [0, 0.05) is 11.4 Å². The molecule has 0 spiro atoms. The van der Waals surface area contributed by atoms with Crippen molar-refractivity contribution in [2.75, 3.05) is 7.05 Å². The van der Waals surface area contributed by atoms with Gasteiger partial charge in [-0.3, -0.25) is 0 Å². The molecule has 0 aliphatic rings. The third-order valence-electron chi connectivity index (χ3n) is 1.71. The Hall–Kier alpha value is -0.410. The molecule has 0 bridgehead atoms. The van der Waals surface area contributed by atoms with Crippen molar-refractivity contribution in [2.45, 2.75) is 33.2 Å². The van der Waals surface area contributed by atoms with Gasteiger partial charge in [-0.05, 0) is 20.4 Å². The number of hydrogen-bond acceptors (Lipinski definition) is 3. The molecule has 0 unspecified atom stereocenters. The molecule has 0 amide bonds. The minimum Gasteiger partial charge on any atom is -0.315 e. The van der Waals surface area contributed by atoms with Crippen molar-refractivity contribution in [3.63, 3.8) is 0 Å². The Morgan fingerprint density at radius 3 is 2.83 bits per heavy atom. The van der Waals surface area contributed by atoms with Crippen LogP contribution in [0.25, 0.3) is 0 Å². The van der Waals surface area contributed by atoms with E-state index in [1.54, 1.807) is 11.3 Å². The highest BCUT2D eigenvalue weighted by molar-refractivity contribution is 7.11. The molecule has 0 radical (unpaired) electrons. The topological polar surface area (TPSA) is 24.9 Å². The van der Waals surface area contributed by atoms with Gasteiger partial charge in [0.15, 0.2) is 0 Å².